The number of rotatable bonds is 8. The number of hydrogen-bond donors (Lipinski definition) is 1. The SMILES string of the molecule is CSC1C=C(C(=S)c2ccc(C)cc2)C=C(CCCCC(=O)O)C1=O. The third-order valence-electron chi connectivity index (χ3n) is 4.15. The van der Waals surface area contributed by atoms with Crippen LogP contribution in [-0.4, -0.2) is 33.2 Å². The molecule has 0 radical (unpaired) electrons. The Bertz CT molecular complexity index is 730. The number of aryl methyl sites for hydroxylation is 1. The van der Waals surface area contributed by atoms with Gasteiger partial charge in [-0.15, -0.1) is 11.8 Å². The standard InChI is InChI=1S/C20H22O3S2/c1-13-7-9-14(10-8-13)20(24)16-11-15(5-3-4-6-18(21)22)19(23)17(12-16)25-2/h7-12,17H,3-6H2,1-2H3,(H,21,22). The van der Waals surface area contributed by atoms with Gasteiger partial charge in [0.1, 0.15) is 0 Å². The molecule has 0 amide bonds. The van der Waals surface area contributed by atoms with Crippen LogP contribution in [0.15, 0.2) is 47.6 Å². The number of hydrogen-bond acceptors (Lipinski definition) is 4. The fraction of sp³-hybridized carbons (Fsp3) is 0.350. The molecule has 0 aromatic heterocycles. The van der Waals surface area contributed by atoms with Gasteiger partial charge in [0.15, 0.2) is 5.78 Å². The lowest BCUT2D eigenvalue weighted by Gasteiger charge is -2.20. The molecule has 1 unspecified atom stereocenters. The number of benzene rings is 1. The lowest BCUT2D eigenvalue weighted by atomic mass is 9.90. The smallest absolute Gasteiger partial charge is 0.303 e. The van der Waals surface area contributed by atoms with Crippen LogP contribution >= 0.6 is 24.0 Å². The van der Waals surface area contributed by atoms with E-state index in [1.165, 1.54) is 17.3 Å². The van der Waals surface area contributed by atoms with E-state index in [0.29, 0.717) is 19.3 Å². The first-order chi connectivity index (χ1) is 11.9. The zero-order valence-electron chi connectivity index (χ0n) is 14.5. The van der Waals surface area contributed by atoms with Crippen LogP contribution in [0.1, 0.15) is 36.8 Å². The average Bonchev–Trinajstić information content (AvgIpc) is 2.59. The average molecular weight is 375 g/mol. The molecule has 1 aromatic rings. The van der Waals surface area contributed by atoms with Crippen molar-refractivity contribution in [1.29, 1.82) is 0 Å². The molecule has 132 valence electrons. The zero-order chi connectivity index (χ0) is 18.4. The molecule has 0 bridgehead atoms. The van der Waals surface area contributed by atoms with Crippen LogP contribution in [0, 0.1) is 6.92 Å². The minimum absolute atomic E-state index is 0.110. The van der Waals surface area contributed by atoms with Crippen LogP contribution in [0.2, 0.25) is 0 Å². The highest BCUT2D eigenvalue weighted by atomic mass is 32.2. The first-order valence-electron chi connectivity index (χ1n) is 8.25. The van der Waals surface area contributed by atoms with Crippen LogP contribution in [0.4, 0.5) is 0 Å². The van der Waals surface area contributed by atoms with Gasteiger partial charge >= 0.3 is 5.97 Å². The number of Topliss-reactive ketones (excluding diaryl/α,β-unsaturated/α-hetero) is 1. The van der Waals surface area contributed by atoms with E-state index in [1.54, 1.807) is 0 Å². The summed E-state index contributed by atoms with van der Waals surface area (Å²) in [6.45, 7) is 2.03. The third kappa shape index (κ3) is 5.38. The Morgan fingerprint density at radius 2 is 1.92 bits per heavy atom. The summed E-state index contributed by atoms with van der Waals surface area (Å²) in [6.07, 6.45) is 7.74. The summed E-state index contributed by atoms with van der Waals surface area (Å²) in [5.41, 5.74) is 3.81. The zero-order valence-corrected chi connectivity index (χ0v) is 16.1. The lowest BCUT2D eigenvalue weighted by Crippen LogP contribution is -2.23. The molecule has 3 nitrogen and oxygen atoms in total. The van der Waals surface area contributed by atoms with E-state index in [-0.39, 0.29) is 17.5 Å². The molecule has 0 heterocycles. The van der Waals surface area contributed by atoms with Gasteiger partial charge in [-0.2, -0.15) is 0 Å². The van der Waals surface area contributed by atoms with Crippen molar-refractivity contribution in [2.45, 2.75) is 37.9 Å². The Hall–Kier alpha value is -1.72. The molecule has 1 N–H and O–H groups in total. The summed E-state index contributed by atoms with van der Waals surface area (Å²) >= 11 is 7.13. The molecule has 1 atom stereocenters. The van der Waals surface area contributed by atoms with Crippen LogP contribution in [0.5, 0.6) is 0 Å². The molecular weight excluding hydrogens is 352 g/mol. The highest BCUT2D eigenvalue weighted by molar-refractivity contribution is 8.00. The van der Waals surface area contributed by atoms with Crippen molar-refractivity contribution in [2.75, 3.05) is 6.26 Å². The predicted octanol–water partition coefficient (Wildman–Crippen LogP) is 4.53. The highest BCUT2D eigenvalue weighted by Crippen LogP contribution is 2.28. The second kappa shape index (κ2) is 9.11. The minimum Gasteiger partial charge on any atom is -0.481 e. The van der Waals surface area contributed by atoms with E-state index >= 15 is 0 Å². The monoisotopic (exact) mass is 374 g/mol. The minimum atomic E-state index is -0.799. The molecule has 1 aliphatic rings. The number of carboxylic acids is 1. The quantitative estimate of drug-likeness (QED) is 0.412. The molecule has 5 heteroatoms. The number of carboxylic acid groups (broad SMARTS) is 1. The van der Waals surface area contributed by atoms with Crippen LogP contribution in [0.25, 0.3) is 0 Å². The summed E-state index contributed by atoms with van der Waals surface area (Å²) in [4.78, 5) is 23.9. The molecule has 1 aromatic carbocycles. The number of ketones is 1. The summed E-state index contributed by atoms with van der Waals surface area (Å²) in [7, 11) is 0. The summed E-state index contributed by atoms with van der Waals surface area (Å²) in [6, 6.07) is 8.06. The number of carbonyl (C=O) groups excluding carboxylic acids is 1. The van der Waals surface area contributed by atoms with Crippen LogP contribution < -0.4 is 0 Å². The number of carbonyl (C=O) groups is 2. The number of unbranched alkanes of at least 4 members (excludes halogenated alkanes) is 1. The molecule has 0 saturated heterocycles. The summed E-state index contributed by atoms with van der Waals surface area (Å²) in [5.74, 6) is -0.689. The normalized spacial score (nSPS) is 17.0. The largest absolute Gasteiger partial charge is 0.481 e. The van der Waals surface area contributed by atoms with Gasteiger partial charge in [0, 0.05) is 6.42 Å². The van der Waals surface area contributed by atoms with Gasteiger partial charge in [-0.1, -0.05) is 48.1 Å². The Kier molecular flexibility index (Phi) is 7.14. The molecule has 0 fully saturated rings. The van der Waals surface area contributed by atoms with E-state index in [4.69, 9.17) is 17.3 Å². The Balaban J connectivity index is 2.17. The molecule has 25 heavy (non-hydrogen) atoms. The first kappa shape index (κ1) is 19.6. The van der Waals surface area contributed by atoms with E-state index in [2.05, 4.69) is 0 Å². The second-order valence-electron chi connectivity index (χ2n) is 6.11. The van der Waals surface area contributed by atoms with E-state index in [0.717, 1.165) is 21.6 Å². The summed E-state index contributed by atoms with van der Waals surface area (Å²) in [5, 5.41) is 8.51. The maximum absolute atomic E-state index is 12.5. The maximum Gasteiger partial charge on any atom is 0.303 e. The molecule has 1 aliphatic carbocycles. The van der Waals surface area contributed by atoms with Crippen molar-refractivity contribution < 1.29 is 14.7 Å². The lowest BCUT2D eigenvalue weighted by molar-refractivity contribution is -0.137. The van der Waals surface area contributed by atoms with Gasteiger partial charge < -0.3 is 5.11 Å². The van der Waals surface area contributed by atoms with E-state index in [1.807, 2.05) is 49.6 Å². The molecule has 2 rings (SSSR count). The Labute approximate surface area is 158 Å². The molecular formula is C20H22O3S2. The van der Waals surface area contributed by atoms with Crippen molar-refractivity contribution in [3.8, 4) is 0 Å². The van der Waals surface area contributed by atoms with Crippen molar-refractivity contribution in [3.63, 3.8) is 0 Å². The van der Waals surface area contributed by atoms with Crippen molar-refractivity contribution in [3.05, 3.63) is 58.7 Å². The predicted molar refractivity (Wildman–Crippen MR) is 107 cm³/mol. The van der Waals surface area contributed by atoms with E-state index < -0.39 is 5.97 Å². The van der Waals surface area contributed by atoms with Crippen LogP contribution in [0.3, 0.4) is 0 Å². The van der Waals surface area contributed by atoms with Gasteiger partial charge in [0.2, 0.25) is 0 Å². The van der Waals surface area contributed by atoms with Crippen molar-refractivity contribution in [2.24, 2.45) is 0 Å². The van der Waals surface area contributed by atoms with Gasteiger partial charge in [-0.25, -0.2) is 0 Å². The topological polar surface area (TPSA) is 54.4 Å². The fourth-order valence-electron chi connectivity index (χ4n) is 2.70. The van der Waals surface area contributed by atoms with Crippen molar-refractivity contribution >= 4 is 40.6 Å². The van der Waals surface area contributed by atoms with Gasteiger partial charge in [-0.3, -0.25) is 9.59 Å². The number of allylic oxidation sites excluding steroid dienone is 3. The highest BCUT2D eigenvalue weighted by Gasteiger charge is 2.25. The molecule has 0 spiro atoms. The van der Waals surface area contributed by atoms with Gasteiger partial charge in [0.25, 0.3) is 0 Å². The molecule has 0 aliphatic heterocycles. The fourth-order valence-corrected chi connectivity index (χ4v) is 3.61. The first-order valence-corrected chi connectivity index (χ1v) is 9.94. The number of aliphatic carboxylic acids is 1. The number of thiocarbonyl (C=S) groups is 1. The van der Waals surface area contributed by atoms with Gasteiger partial charge in [-0.05, 0) is 55.2 Å². The maximum atomic E-state index is 12.5. The van der Waals surface area contributed by atoms with E-state index in [9.17, 15) is 9.59 Å². The van der Waals surface area contributed by atoms with Gasteiger partial charge in [0.05, 0.1) is 10.1 Å². The van der Waals surface area contributed by atoms with Crippen LogP contribution in [-0.2, 0) is 9.59 Å². The van der Waals surface area contributed by atoms with Crippen molar-refractivity contribution in [1.82, 2.24) is 0 Å². The molecule has 0 saturated carbocycles. The Morgan fingerprint density at radius 3 is 2.52 bits per heavy atom. The summed E-state index contributed by atoms with van der Waals surface area (Å²) < 4.78 is 0. The number of thioether (sulfide) groups is 1. The third-order valence-corrected chi connectivity index (χ3v) is 5.48. The second-order valence-corrected chi connectivity index (χ2v) is 7.50. The Morgan fingerprint density at radius 1 is 1.24 bits per heavy atom.